The van der Waals surface area contributed by atoms with Gasteiger partial charge in [0.05, 0.1) is 13.2 Å². The molecule has 5 heteroatoms. The van der Waals surface area contributed by atoms with Gasteiger partial charge in [-0.05, 0) is 33.2 Å². The first-order valence-electron chi connectivity index (χ1n) is 6.44. The minimum atomic E-state index is -0.288. The van der Waals surface area contributed by atoms with Crippen molar-refractivity contribution in [3.8, 4) is 0 Å². The summed E-state index contributed by atoms with van der Waals surface area (Å²) < 4.78 is 5.01. The molecule has 2 atom stereocenters. The Morgan fingerprint density at radius 3 is 2.94 bits per heavy atom. The predicted molar refractivity (Wildman–Crippen MR) is 65.8 cm³/mol. The second kappa shape index (κ2) is 7.63. The van der Waals surface area contributed by atoms with Crippen molar-refractivity contribution in [3.05, 3.63) is 0 Å². The molecule has 1 aliphatic heterocycles. The lowest BCUT2D eigenvalue weighted by atomic mass is 10.2. The van der Waals surface area contributed by atoms with Crippen LogP contribution in [0.1, 0.15) is 26.7 Å². The van der Waals surface area contributed by atoms with Gasteiger partial charge in [-0.1, -0.05) is 0 Å². The van der Waals surface area contributed by atoms with Crippen molar-refractivity contribution in [1.29, 1.82) is 0 Å². The quantitative estimate of drug-likeness (QED) is 0.617. The molecule has 0 aromatic heterocycles. The average molecular weight is 244 g/mol. The summed E-state index contributed by atoms with van der Waals surface area (Å²) in [5.41, 5.74) is 0. The van der Waals surface area contributed by atoms with E-state index in [1.54, 1.807) is 6.92 Å². The van der Waals surface area contributed by atoms with Crippen LogP contribution in [0.2, 0.25) is 0 Å². The number of rotatable bonds is 7. The van der Waals surface area contributed by atoms with E-state index in [1.165, 1.54) is 6.42 Å². The minimum Gasteiger partial charge on any atom is -0.465 e. The molecular weight excluding hydrogens is 220 g/mol. The fourth-order valence-electron chi connectivity index (χ4n) is 2.18. The highest BCUT2D eigenvalue weighted by Gasteiger charge is 2.25. The van der Waals surface area contributed by atoms with Crippen LogP contribution in [-0.4, -0.2) is 60.9 Å². The summed E-state index contributed by atoms with van der Waals surface area (Å²) in [4.78, 5) is 13.7. The third-order valence-corrected chi connectivity index (χ3v) is 3.18. The molecule has 1 rings (SSSR count). The van der Waals surface area contributed by atoms with Gasteiger partial charge in [0.2, 0.25) is 0 Å². The maximum Gasteiger partial charge on any atom is 0.323 e. The number of aliphatic hydroxyl groups excluding tert-OH is 1. The number of nitrogens with one attached hydrogen (secondary N) is 1. The molecule has 0 spiro atoms. The van der Waals surface area contributed by atoms with Crippen LogP contribution in [0.25, 0.3) is 0 Å². The third-order valence-electron chi connectivity index (χ3n) is 3.18. The molecular formula is C12H24N2O3. The molecule has 2 unspecified atom stereocenters. The molecule has 2 N–H and O–H groups in total. The molecule has 0 bridgehead atoms. The van der Waals surface area contributed by atoms with Crippen molar-refractivity contribution in [2.24, 2.45) is 0 Å². The Morgan fingerprint density at radius 2 is 2.41 bits per heavy atom. The molecule has 0 aliphatic carbocycles. The SMILES string of the molecule is CCOC(=O)C(C)N(CCO)CC1CCCN1. The Labute approximate surface area is 103 Å². The van der Waals surface area contributed by atoms with Crippen molar-refractivity contribution < 1.29 is 14.6 Å². The number of ether oxygens (including phenoxy) is 1. The molecule has 1 heterocycles. The van der Waals surface area contributed by atoms with Gasteiger partial charge in [0.25, 0.3) is 0 Å². The first-order valence-corrected chi connectivity index (χ1v) is 6.44. The first kappa shape index (κ1) is 14.4. The maximum atomic E-state index is 11.7. The average Bonchev–Trinajstić information content (AvgIpc) is 2.80. The van der Waals surface area contributed by atoms with E-state index in [2.05, 4.69) is 5.32 Å². The molecule has 1 aliphatic rings. The van der Waals surface area contributed by atoms with E-state index < -0.39 is 0 Å². The number of carbonyl (C=O) groups excluding carboxylic acids is 1. The number of carbonyl (C=O) groups is 1. The fraction of sp³-hybridized carbons (Fsp3) is 0.917. The van der Waals surface area contributed by atoms with Crippen LogP contribution in [-0.2, 0) is 9.53 Å². The van der Waals surface area contributed by atoms with Gasteiger partial charge >= 0.3 is 5.97 Å². The van der Waals surface area contributed by atoms with E-state index in [0.717, 1.165) is 19.5 Å². The fourth-order valence-corrected chi connectivity index (χ4v) is 2.18. The summed E-state index contributed by atoms with van der Waals surface area (Å²) in [7, 11) is 0. The minimum absolute atomic E-state index is 0.0659. The van der Waals surface area contributed by atoms with Gasteiger partial charge in [-0.25, -0.2) is 0 Å². The monoisotopic (exact) mass is 244 g/mol. The highest BCUT2D eigenvalue weighted by molar-refractivity contribution is 5.75. The molecule has 100 valence electrons. The molecule has 0 radical (unpaired) electrons. The first-order chi connectivity index (χ1) is 8.19. The van der Waals surface area contributed by atoms with Gasteiger partial charge in [0.15, 0.2) is 0 Å². The summed E-state index contributed by atoms with van der Waals surface area (Å²) in [5.74, 6) is -0.209. The largest absolute Gasteiger partial charge is 0.465 e. The topological polar surface area (TPSA) is 61.8 Å². The van der Waals surface area contributed by atoms with E-state index in [0.29, 0.717) is 19.2 Å². The van der Waals surface area contributed by atoms with Crippen LogP contribution < -0.4 is 5.32 Å². The zero-order chi connectivity index (χ0) is 12.7. The van der Waals surface area contributed by atoms with Gasteiger partial charge in [-0.3, -0.25) is 9.69 Å². The molecule has 0 aromatic carbocycles. The zero-order valence-electron chi connectivity index (χ0n) is 10.8. The Bertz CT molecular complexity index is 230. The van der Waals surface area contributed by atoms with E-state index >= 15 is 0 Å². The highest BCUT2D eigenvalue weighted by Crippen LogP contribution is 2.10. The van der Waals surface area contributed by atoms with Crippen molar-refractivity contribution in [2.45, 2.75) is 38.8 Å². The van der Waals surface area contributed by atoms with Gasteiger partial charge in [-0.2, -0.15) is 0 Å². The van der Waals surface area contributed by atoms with Gasteiger partial charge in [0.1, 0.15) is 6.04 Å². The number of hydrogen-bond donors (Lipinski definition) is 2. The molecule has 17 heavy (non-hydrogen) atoms. The van der Waals surface area contributed by atoms with Crippen LogP contribution in [0.3, 0.4) is 0 Å². The lowest BCUT2D eigenvalue weighted by molar-refractivity contribution is -0.149. The van der Waals surface area contributed by atoms with Gasteiger partial charge in [0, 0.05) is 19.1 Å². The smallest absolute Gasteiger partial charge is 0.323 e. The summed E-state index contributed by atoms with van der Waals surface area (Å²) in [6.45, 7) is 6.46. The van der Waals surface area contributed by atoms with Crippen molar-refractivity contribution >= 4 is 5.97 Å². The third kappa shape index (κ3) is 4.61. The number of esters is 1. The summed E-state index contributed by atoms with van der Waals surface area (Å²) in [6.07, 6.45) is 2.32. The molecule has 0 amide bonds. The Balaban J connectivity index is 2.47. The molecule has 1 saturated heterocycles. The lowest BCUT2D eigenvalue weighted by Crippen LogP contribution is -2.47. The van der Waals surface area contributed by atoms with Crippen LogP contribution in [0.15, 0.2) is 0 Å². The van der Waals surface area contributed by atoms with Crippen LogP contribution >= 0.6 is 0 Å². The van der Waals surface area contributed by atoms with Crippen LogP contribution in [0, 0.1) is 0 Å². The normalized spacial score (nSPS) is 21.8. The Hall–Kier alpha value is -0.650. The second-order valence-corrected chi connectivity index (χ2v) is 4.44. The van der Waals surface area contributed by atoms with Crippen molar-refractivity contribution in [2.75, 3.05) is 32.8 Å². The lowest BCUT2D eigenvalue weighted by Gasteiger charge is -2.29. The highest BCUT2D eigenvalue weighted by atomic mass is 16.5. The van der Waals surface area contributed by atoms with Crippen LogP contribution in [0.5, 0.6) is 0 Å². The van der Waals surface area contributed by atoms with Crippen molar-refractivity contribution in [3.63, 3.8) is 0 Å². The van der Waals surface area contributed by atoms with Crippen LogP contribution in [0.4, 0.5) is 0 Å². The van der Waals surface area contributed by atoms with E-state index in [9.17, 15) is 4.79 Å². The van der Waals surface area contributed by atoms with E-state index in [4.69, 9.17) is 9.84 Å². The summed E-state index contributed by atoms with van der Waals surface area (Å²) >= 11 is 0. The maximum absolute atomic E-state index is 11.7. The number of nitrogens with zero attached hydrogens (tertiary/aromatic N) is 1. The van der Waals surface area contributed by atoms with Gasteiger partial charge < -0.3 is 15.2 Å². The molecule has 0 saturated carbocycles. The Morgan fingerprint density at radius 1 is 1.65 bits per heavy atom. The van der Waals surface area contributed by atoms with E-state index in [1.807, 2.05) is 11.8 Å². The number of aliphatic hydroxyl groups is 1. The zero-order valence-corrected chi connectivity index (χ0v) is 10.8. The Kier molecular flexibility index (Phi) is 6.47. The second-order valence-electron chi connectivity index (χ2n) is 4.44. The van der Waals surface area contributed by atoms with E-state index in [-0.39, 0.29) is 18.6 Å². The number of hydrogen-bond acceptors (Lipinski definition) is 5. The predicted octanol–water partition coefficient (Wildman–Crippen LogP) is -0.0157. The molecule has 1 fully saturated rings. The molecule has 0 aromatic rings. The van der Waals surface area contributed by atoms with Gasteiger partial charge in [-0.15, -0.1) is 0 Å². The summed E-state index contributed by atoms with van der Waals surface area (Å²) in [6, 6.07) is 0.142. The summed E-state index contributed by atoms with van der Waals surface area (Å²) in [5, 5.41) is 12.5. The molecule has 5 nitrogen and oxygen atoms in total. The van der Waals surface area contributed by atoms with Crippen molar-refractivity contribution in [1.82, 2.24) is 10.2 Å². The standard InChI is InChI=1S/C12H24N2O3/c1-3-17-12(16)10(2)14(7-8-15)9-11-5-4-6-13-11/h10-11,13,15H,3-9H2,1-2H3.